The molecule has 102 heavy (non-hydrogen) atoms. The standard InChI is InChI=1S/C83H154O17P2/c1-7-10-12-14-16-18-20-22-28-33-37-41-47-53-59-65-80(85)93-71-78(99-82(87)68-62-56-49-43-39-35-31-27-25-24-26-30-32-36-40-46-52-58-64-76(6)9-3)73-97-101(89,90)95-69-77(84)70-96-102(91,92)98-74-79(72-94-81(86)66-60-54-50-44-45-51-57-63-75(4)5)100-83(88)67-61-55-48-42-38-34-29-23-21-19-17-15-13-11-8-2/h18-23,28-29,75-79,84H,7-17,24-27,30-74H2,1-6H3,(H,89,90)(H,91,92)/b20-18-,21-19-,28-22-,29-23-/t76?,77?,78-,79-/m1/s1. The third kappa shape index (κ3) is 73.9. The normalized spacial score (nSPS) is 14.5. The molecule has 0 heterocycles. The highest BCUT2D eigenvalue weighted by Gasteiger charge is 2.30. The van der Waals surface area contributed by atoms with Gasteiger partial charge in [0.25, 0.3) is 0 Å². The molecule has 19 heteroatoms. The Bertz CT molecular complexity index is 2150. The molecule has 0 radical (unpaired) electrons. The van der Waals surface area contributed by atoms with Crippen LogP contribution in [0.15, 0.2) is 48.6 Å². The molecule has 0 bridgehead atoms. The highest BCUT2D eigenvalue weighted by molar-refractivity contribution is 7.47. The van der Waals surface area contributed by atoms with E-state index in [1.165, 1.54) is 167 Å². The Morgan fingerprint density at radius 2 is 0.578 bits per heavy atom. The molecule has 0 saturated carbocycles. The van der Waals surface area contributed by atoms with Gasteiger partial charge in [0.15, 0.2) is 12.2 Å². The second-order valence-electron chi connectivity index (χ2n) is 29.2. The van der Waals surface area contributed by atoms with E-state index in [9.17, 15) is 43.2 Å². The Balaban J connectivity index is 5.28. The van der Waals surface area contributed by atoms with Gasteiger partial charge in [-0.1, -0.05) is 334 Å². The molecule has 0 saturated heterocycles. The van der Waals surface area contributed by atoms with Crippen molar-refractivity contribution in [1.29, 1.82) is 0 Å². The molecule has 598 valence electrons. The van der Waals surface area contributed by atoms with E-state index >= 15 is 0 Å². The van der Waals surface area contributed by atoms with Crippen LogP contribution in [0.1, 0.15) is 388 Å². The molecule has 3 N–H and O–H groups in total. The van der Waals surface area contributed by atoms with Crippen LogP contribution in [-0.2, 0) is 65.4 Å². The Kier molecular flexibility index (Phi) is 71.4. The quantitative estimate of drug-likeness (QED) is 0.0169. The fourth-order valence-electron chi connectivity index (χ4n) is 11.8. The van der Waals surface area contributed by atoms with E-state index in [1.807, 2.05) is 0 Å². The van der Waals surface area contributed by atoms with Crippen molar-refractivity contribution in [3.8, 4) is 0 Å². The molecule has 0 aliphatic rings. The molecule has 17 nitrogen and oxygen atoms in total. The van der Waals surface area contributed by atoms with Crippen molar-refractivity contribution in [2.75, 3.05) is 39.6 Å². The van der Waals surface area contributed by atoms with Crippen LogP contribution >= 0.6 is 15.6 Å². The van der Waals surface area contributed by atoms with Crippen LogP contribution < -0.4 is 0 Å². The SMILES string of the molecule is CCCCCC/C=C\C=C/CCCCCCCC(=O)OC[C@H](COP(=O)(O)OCC(O)COP(=O)(O)OC[C@@H](COC(=O)CCCCCCCCCC(C)C)OC(=O)CCCCCCC/C=C\C=C/CCCCCC)OC(=O)CCCCCCCCCCCCCCCCCCCCC(C)CC. The lowest BCUT2D eigenvalue weighted by atomic mass is 9.99. The zero-order valence-electron chi connectivity index (χ0n) is 65.9. The van der Waals surface area contributed by atoms with Crippen molar-refractivity contribution in [3.63, 3.8) is 0 Å². The maximum absolute atomic E-state index is 13.1. The number of aliphatic hydroxyl groups is 1. The van der Waals surface area contributed by atoms with Gasteiger partial charge in [0, 0.05) is 25.7 Å². The van der Waals surface area contributed by atoms with Gasteiger partial charge in [-0.2, -0.15) is 0 Å². The van der Waals surface area contributed by atoms with E-state index in [2.05, 4.69) is 90.2 Å². The summed E-state index contributed by atoms with van der Waals surface area (Å²) in [5.41, 5.74) is 0. The van der Waals surface area contributed by atoms with Gasteiger partial charge in [0.1, 0.15) is 19.3 Å². The smallest absolute Gasteiger partial charge is 0.462 e. The molecule has 0 fully saturated rings. The molecule has 6 atom stereocenters. The Labute approximate surface area is 623 Å². The Hall–Kier alpha value is -2.98. The van der Waals surface area contributed by atoms with Crippen molar-refractivity contribution in [2.45, 2.75) is 407 Å². The molecule has 0 spiro atoms. The second kappa shape index (κ2) is 73.5. The minimum atomic E-state index is -4.97. The van der Waals surface area contributed by atoms with Crippen LogP contribution in [-0.4, -0.2) is 96.7 Å². The monoisotopic (exact) mass is 1490 g/mol. The molecule has 0 rings (SSSR count). The van der Waals surface area contributed by atoms with Gasteiger partial charge in [-0.25, -0.2) is 9.13 Å². The minimum absolute atomic E-state index is 0.0820. The van der Waals surface area contributed by atoms with Gasteiger partial charge in [0.05, 0.1) is 26.4 Å². The van der Waals surface area contributed by atoms with Crippen molar-refractivity contribution >= 4 is 39.5 Å². The third-order valence-electron chi connectivity index (χ3n) is 18.6. The Morgan fingerprint density at radius 1 is 0.324 bits per heavy atom. The summed E-state index contributed by atoms with van der Waals surface area (Å²) < 4.78 is 68.6. The highest BCUT2D eigenvalue weighted by atomic mass is 31.2. The largest absolute Gasteiger partial charge is 0.472 e. The third-order valence-corrected chi connectivity index (χ3v) is 20.5. The number of rotatable bonds is 78. The van der Waals surface area contributed by atoms with Crippen LogP contribution in [0.2, 0.25) is 0 Å². The molecule has 4 unspecified atom stereocenters. The minimum Gasteiger partial charge on any atom is -0.462 e. The maximum Gasteiger partial charge on any atom is 0.472 e. The molecule has 0 aromatic rings. The number of ether oxygens (including phenoxy) is 4. The van der Waals surface area contributed by atoms with E-state index in [0.29, 0.717) is 31.6 Å². The first kappa shape index (κ1) is 99.0. The van der Waals surface area contributed by atoms with Crippen molar-refractivity contribution in [3.05, 3.63) is 48.6 Å². The van der Waals surface area contributed by atoms with Crippen molar-refractivity contribution in [2.24, 2.45) is 11.8 Å². The highest BCUT2D eigenvalue weighted by Crippen LogP contribution is 2.45. The first-order valence-electron chi connectivity index (χ1n) is 41.7. The Morgan fingerprint density at radius 3 is 0.873 bits per heavy atom. The molecule has 0 aromatic heterocycles. The number of carbonyl (C=O) groups is 4. The molecule has 0 aromatic carbocycles. The summed E-state index contributed by atoms with van der Waals surface area (Å²) in [4.78, 5) is 73.0. The maximum atomic E-state index is 13.1. The van der Waals surface area contributed by atoms with E-state index in [-0.39, 0.29) is 25.7 Å². The number of hydrogen-bond acceptors (Lipinski definition) is 15. The van der Waals surface area contributed by atoms with E-state index in [1.54, 1.807) is 0 Å². The summed E-state index contributed by atoms with van der Waals surface area (Å²) in [6, 6.07) is 0. The second-order valence-corrected chi connectivity index (χ2v) is 32.1. The molecule has 0 amide bonds. The number of hydrogen-bond donors (Lipinski definition) is 3. The lowest BCUT2D eigenvalue weighted by molar-refractivity contribution is -0.161. The lowest BCUT2D eigenvalue weighted by Gasteiger charge is -2.21. The summed E-state index contributed by atoms with van der Waals surface area (Å²) in [6.45, 7) is 9.51. The average Bonchev–Trinajstić information content (AvgIpc) is 0.922. The fraction of sp³-hybridized carbons (Fsp3) is 0.855. The van der Waals surface area contributed by atoms with E-state index in [4.69, 9.17) is 37.0 Å². The van der Waals surface area contributed by atoms with Crippen LogP contribution in [0, 0.1) is 11.8 Å². The molecule has 0 aliphatic carbocycles. The van der Waals surface area contributed by atoms with Crippen LogP contribution in [0.4, 0.5) is 0 Å². The van der Waals surface area contributed by atoms with Gasteiger partial charge < -0.3 is 33.8 Å². The fourth-order valence-corrected chi connectivity index (χ4v) is 13.4. The first-order valence-corrected chi connectivity index (χ1v) is 44.7. The van der Waals surface area contributed by atoms with Gasteiger partial charge >= 0.3 is 39.5 Å². The lowest BCUT2D eigenvalue weighted by Crippen LogP contribution is -2.30. The summed E-state index contributed by atoms with van der Waals surface area (Å²) in [7, 11) is -9.95. The predicted octanol–water partition coefficient (Wildman–Crippen LogP) is 24.2. The van der Waals surface area contributed by atoms with Gasteiger partial charge in [-0.3, -0.25) is 37.3 Å². The number of phosphoric acid groups is 2. The zero-order chi connectivity index (χ0) is 74.9. The van der Waals surface area contributed by atoms with E-state index < -0.39 is 97.5 Å². The number of aliphatic hydroxyl groups excluding tert-OH is 1. The summed E-state index contributed by atoms with van der Waals surface area (Å²) in [6.07, 6.45) is 69.7. The van der Waals surface area contributed by atoms with Gasteiger partial charge in [0.2, 0.25) is 0 Å². The van der Waals surface area contributed by atoms with Crippen molar-refractivity contribution in [1.82, 2.24) is 0 Å². The first-order chi connectivity index (χ1) is 49.4. The molecule has 0 aliphatic heterocycles. The number of allylic oxidation sites excluding steroid dienone is 8. The summed E-state index contributed by atoms with van der Waals surface area (Å²) in [5, 5.41) is 10.6. The molecular weight excluding hydrogens is 1330 g/mol. The summed E-state index contributed by atoms with van der Waals surface area (Å²) in [5.74, 6) is -0.601. The van der Waals surface area contributed by atoms with Gasteiger partial charge in [-0.15, -0.1) is 0 Å². The zero-order valence-corrected chi connectivity index (χ0v) is 67.7. The average molecular weight is 1490 g/mol. The van der Waals surface area contributed by atoms with Gasteiger partial charge in [-0.05, 0) is 88.9 Å². The number of phosphoric ester groups is 2. The van der Waals surface area contributed by atoms with Crippen LogP contribution in [0.25, 0.3) is 0 Å². The predicted molar refractivity (Wildman–Crippen MR) is 418 cm³/mol. The van der Waals surface area contributed by atoms with Crippen LogP contribution in [0.3, 0.4) is 0 Å². The van der Waals surface area contributed by atoms with Crippen molar-refractivity contribution < 1.29 is 80.2 Å². The molecular formula is C83H154O17P2. The number of esters is 4. The summed E-state index contributed by atoms with van der Waals surface area (Å²) >= 11 is 0. The number of unbranched alkanes of at least 4 members (excludes halogenated alkanes) is 41. The van der Waals surface area contributed by atoms with Crippen LogP contribution in [0.5, 0.6) is 0 Å². The topological polar surface area (TPSA) is 237 Å². The van der Waals surface area contributed by atoms with E-state index in [0.717, 1.165) is 134 Å². The number of carbonyl (C=O) groups excluding carboxylic acids is 4.